The van der Waals surface area contributed by atoms with E-state index in [0.717, 1.165) is 5.31 Å². The Labute approximate surface area is 105 Å². The number of carbonyl (C=O) groups is 1. The number of H-pyrrole nitrogens is 1. The Morgan fingerprint density at radius 2 is 2.71 bits per heavy atom. The third-order valence-electron chi connectivity index (χ3n) is 2.79. The van der Waals surface area contributed by atoms with Crippen LogP contribution in [-0.2, 0) is 16.1 Å². The fourth-order valence-electron chi connectivity index (χ4n) is 2.07. The second kappa shape index (κ2) is 3.89. The maximum Gasteiger partial charge on any atom is 0.327 e. The molecule has 0 saturated carbocycles. The van der Waals surface area contributed by atoms with Gasteiger partial charge >= 0.3 is 5.97 Å². The Hall–Kier alpha value is -1.81. The maximum atomic E-state index is 12.1. The minimum absolute atomic E-state index is 0.0215. The molecule has 0 fully saturated rings. The van der Waals surface area contributed by atoms with Crippen LogP contribution in [0.5, 0.6) is 0 Å². The van der Waals surface area contributed by atoms with Gasteiger partial charge in [0.25, 0.3) is 0 Å². The van der Waals surface area contributed by atoms with Gasteiger partial charge in [-0.15, -0.1) is 0 Å². The lowest BCUT2D eigenvalue weighted by molar-refractivity contribution is -0.145. The third kappa shape index (κ3) is 1.52. The van der Waals surface area contributed by atoms with Crippen LogP contribution in [0.2, 0.25) is 1.41 Å². The largest absolute Gasteiger partial charge is 0.465 e. The number of ether oxygens (including phenoxy) is 1. The second-order valence-electron chi connectivity index (χ2n) is 3.80. The van der Waals surface area contributed by atoms with Crippen molar-refractivity contribution >= 4 is 16.9 Å². The maximum absolute atomic E-state index is 12.1. The fourth-order valence-corrected chi connectivity index (χ4v) is 2.07. The lowest BCUT2D eigenvalue weighted by atomic mass is 9.96. The van der Waals surface area contributed by atoms with Gasteiger partial charge in [-0.1, -0.05) is 12.1 Å². The summed E-state index contributed by atoms with van der Waals surface area (Å²) in [4.78, 5) is 15.0. The van der Waals surface area contributed by atoms with Gasteiger partial charge in [-0.3, -0.25) is 5.31 Å². The van der Waals surface area contributed by atoms with Gasteiger partial charge in [-0.05, 0) is 24.1 Å². The molecule has 1 aromatic carbocycles. The van der Waals surface area contributed by atoms with E-state index in [0.29, 0.717) is 22.0 Å². The van der Waals surface area contributed by atoms with Crippen molar-refractivity contribution in [3.05, 3.63) is 35.5 Å². The first-order valence-electron chi connectivity index (χ1n) is 7.47. The predicted molar refractivity (Wildman–Crippen MR) is 64.5 cm³/mol. The van der Waals surface area contributed by atoms with Crippen LogP contribution in [0.1, 0.15) is 28.2 Å². The molecule has 88 valence electrons. The molecule has 0 spiro atoms. The van der Waals surface area contributed by atoms with E-state index in [1.165, 1.54) is 6.07 Å². The summed E-state index contributed by atoms with van der Waals surface area (Å²) in [5.41, 5.74) is 1.40. The number of rotatable bonds is 2. The molecule has 2 N–H and O–H groups in total. The quantitative estimate of drug-likeness (QED) is 0.780. The van der Waals surface area contributed by atoms with Crippen LogP contribution in [-0.4, -0.2) is 17.6 Å². The molecule has 2 aromatic rings. The molecule has 17 heavy (non-hydrogen) atoms. The van der Waals surface area contributed by atoms with Gasteiger partial charge in [-0.25, -0.2) is 4.79 Å². The lowest BCUT2D eigenvalue weighted by Crippen LogP contribution is -2.32. The number of carbonyl (C=O) groups excluding carboxylic acids is 1. The monoisotopic (exact) mass is 234 g/mol. The number of aromatic nitrogens is 1. The van der Waals surface area contributed by atoms with Crippen molar-refractivity contribution in [3.8, 4) is 0 Å². The zero-order valence-electron chi connectivity index (χ0n) is 13.3. The van der Waals surface area contributed by atoms with E-state index in [1.54, 1.807) is 13.1 Å². The third-order valence-corrected chi connectivity index (χ3v) is 2.79. The SMILES string of the molecule is [2H]c1cc2c3c(c[nH]c3c1[2H])C([2H])N([2H])C2C(=O)OCC. The van der Waals surface area contributed by atoms with Crippen molar-refractivity contribution in [2.24, 2.45) is 0 Å². The molecule has 0 bridgehead atoms. The van der Waals surface area contributed by atoms with Crippen molar-refractivity contribution < 1.29 is 15.1 Å². The molecule has 1 aliphatic heterocycles. The van der Waals surface area contributed by atoms with Gasteiger partial charge in [0.1, 0.15) is 7.45 Å². The topological polar surface area (TPSA) is 54.1 Å². The van der Waals surface area contributed by atoms with Gasteiger partial charge in [0.05, 0.1) is 9.35 Å². The molecule has 2 unspecified atom stereocenters. The minimum Gasteiger partial charge on any atom is -0.465 e. The van der Waals surface area contributed by atoms with E-state index >= 15 is 0 Å². The molecule has 2 atom stereocenters. The van der Waals surface area contributed by atoms with Crippen molar-refractivity contribution in [2.45, 2.75) is 19.5 Å². The van der Waals surface area contributed by atoms with Crippen molar-refractivity contribution in [2.75, 3.05) is 6.61 Å². The zero-order chi connectivity index (χ0) is 15.3. The standard InChI is InChI=1S/C13H14N2O2/c1-2-17-13(16)12-9-4-3-5-10-11(9)8(6-14-10)7-15-12/h3-6,12,14-15H,2,7H2,1H3/i3D,5D,7D/hD. The van der Waals surface area contributed by atoms with Gasteiger partial charge < -0.3 is 9.72 Å². The first-order chi connectivity index (χ1) is 9.97. The summed E-state index contributed by atoms with van der Waals surface area (Å²) in [5.74, 6) is -0.616. The number of nitrogens with one attached hydrogen (secondary N) is 2. The van der Waals surface area contributed by atoms with Crippen LogP contribution in [0.15, 0.2) is 24.3 Å². The first kappa shape index (κ1) is 6.81. The van der Waals surface area contributed by atoms with Crippen LogP contribution in [0.3, 0.4) is 0 Å². The first-order valence-corrected chi connectivity index (χ1v) is 5.44. The van der Waals surface area contributed by atoms with Crippen molar-refractivity contribution in [1.29, 1.82) is 0 Å². The van der Waals surface area contributed by atoms with E-state index < -0.39 is 18.5 Å². The highest BCUT2D eigenvalue weighted by Crippen LogP contribution is 2.31. The molecule has 2 heterocycles. The van der Waals surface area contributed by atoms with E-state index in [9.17, 15) is 4.79 Å². The highest BCUT2D eigenvalue weighted by molar-refractivity contribution is 5.92. The summed E-state index contributed by atoms with van der Waals surface area (Å²) in [6.45, 7) is 0.809. The number of esters is 1. The average Bonchev–Trinajstić information content (AvgIpc) is 2.88. The van der Waals surface area contributed by atoms with Crippen LogP contribution < -0.4 is 5.31 Å². The summed E-state index contributed by atoms with van der Waals surface area (Å²) in [6, 6.07) is 0.352. The summed E-state index contributed by atoms with van der Waals surface area (Å²) in [6.07, 6.45) is 1.56. The van der Waals surface area contributed by atoms with Crippen molar-refractivity contribution in [1.82, 2.24) is 10.3 Å². The van der Waals surface area contributed by atoms with Gasteiger partial charge in [-0.2, -0.15) is 0 Å². The van der Waals surface area contributed by atoms with E-state index in [2.05, 4.69) is 4.98 Å². The Morgan fingerprint density at radius 1 is 1.82 bits per heavy atom. The molecule has 4 nitrogen and oxygen atoms in total. The molecule has 3 rings (SSSR count). The molecular formula is C13H14N2O2. The van der Waals surface area contributed by atoms with E-state index in [1.807, 2.05) is 0 Å². The van der Waals surface area contributed by atoms with Crippen LogP contribution in [0.25, 0.3) is 10.9 Å². The fraction of sp³-hybridized carbons (Fsp3) is 0.308. The minimum atomic E-state index is -1.05. The summed E-state index contributed by atoms with van der Waals surface area (Å²) in [7, 11) is 0. The highest BCUT2D eigenvalue weighted by atomic mass is 16.5. The van der Waals surface area contributed by atoms with Crippen molar-refractivity contribution in [3.63, 3.8) is 0 Å². The molecule has 0 saturated heterocycles. The Morgan fingerprint density at radius 3 is 3.53 bits per heavy atom. The number of hydrogen-bond acceptors (Lipinski definition) is 3. The van der Waals surface area contributed by atoms with Crippen LogP contribution in [0.4, 0.5) is 0 Å². The summed E-state index contributed by atoms with van der Waals surface area (Å²) < 4.78 is 36.9. The Bertz CT molecular complexity index is 731. The van der Waals surface area contributed by atoms with Crippen LogP contribution in [0, 0.1) is 0 Å². The number of aromatic amines is 1. The molecule has 0 radical (unpaired) electrons. The summed E-state index contributed by atoms with van der Waals surface area (Å²) >= 11 is 0. The Kier molecular flexibility index (Phi) is 1.56. The molecule has 1 aromatic heterocycles. The lowest BCUT2D eigenvalue weighted by Gasteiger charge is -2.23. The Balaban J connectivity index is 2.29. The molecule has 0 amide bonds. The molecule has 4 heteroatoms. The van der Waals surface area contributed by atoms with Gasteiger partial charge in [0.15, 0.2) is 0 Å². The highest BCUT2D eigenvalue weighted by Gasteiger charge is 2.28. The van der Waals surface area contributed by atoms with E-state index in [-0.39, 0.29) is 18.7 Å². The molecule has 1 aliphatic rings. The van der Waals surface area contributed by atoms with Gasteiger partial charge in [0, 0.05) is 25.0 Å². The number of hydrogen-bond donors (Lipinski definition) is 2. The molecule has 0 aliphatic carbocycles. The van der Waals surface area contributed by atoms with Gasteiger partial charge in [0.2, 0.25) is 0 Å². The van der Waals surface area contributed by atoms with E-state index in [4.69, 9.17) is 10.3 Å². The molecular weight excluding hydrogens is 216 g/mol. The summed E-state index contributed by atoms with van der Waals surface area (Å²) in [5, 5.41) is 1.45. The second-order valence-corrected chi connectivity index (χ2v) is 3.80. The normalized spacial score (nSPS) is 27.1. The average molecular weight is 234 g/mol. The van der Waals surface area contributed by atoms with Crippen LogP contribution >= 0.6 is 0 Å². The smallest absolute Gasteiger partial charge is 0.327 e. The zero-order valence-corrected chi connectivity index (χ0v) is 9.28. The predicted octanol–water partition coefficient (Wildman–Crippen LogP) is 1.88. The number of benzene rings is 1.